The van der Waals surface area contributed by atoms with Crippen molar-refractivity contribution in [2.75, 3.05) is 13.3 Å². The molecule has 0 aliphatic carbocycles. The topological polar surface area (TPSA) is 67.2 Å². The lowest BCUT2D eigenvalue weighted by atomic mass is 10.1. The molecule has 19 heavy (non-hydrogen) atoms. The number of hydrogen-bond donors (Lipinski definition) is 1. The molecule has 7 heteroatoms. The van der Waals surface area contributed by atoms with Gasteiger partial charge in [0.25, 0.3) is 5.56 Å². The number of hydrogen-bond acceptors (Lipinski definition) is 3. The molecule has 0 spiro atoms. The summed E-state index contributed by atoms with van der Waals surface area (Å²) < 4.78 is 1.51. The van der Waals surface area contributed by atoms with Crippen molar-refractivity contribution in [2.45, 2.75) is 19.0 Å². The van der Waals surface area contributed by atoms with Gasteiger partial charge in [0.1, 0.15) is 12.2 Å². The van der Waals surface area contributed by atoms with E-state index in [4.69, 9.17) is 0 Å². The first-order valence-electron chi connectivity index (χ1n) is 5.84. The molecule has 2 heterocycles. The van der Waals surface area contributed by atoms with Crippen LogP contribution in [0.4, 0.5) is 5.82 Å². The van der Waals surface area contributed by atoms with Crippen LogP contribution in [0.25, 0.3) is 0 Å². The van der Waals surface area contributed by atoms with Gasteiger partial charge in [-0.15, -0.1) is 0 Å². The predicted octanol–water partition coefficient (Wildman–Crippen LogP) is 1.92. The van der Waals surface area contributed by atoms with Crippen molar-refractivity contribution >= 4 is 39.4 Å². The minimum Gasteiger partial charge on any atom is -0.271 e. The van der Waals surface area contributed by atoms with Gasteiger partial charge in [-0.3, -0.25) is 9.78 Å². The van der Waals surface area contributed by atoms with Gasteiger partial charge in [-0.2, -0.15) is 0 Å². The van der Waals surface area contributed by atoms with E-state index < -0.39 is 20.9 Å². The summed E-state index contributed by atoms with van der Waals surface area (Å²) in [6, 6.07) is 0. The normalized spacial score (nSPS) is 19.5. The summed E-state index contributed by atoms with van der Waals surface area (Å²) in [6.45, 7) is 5.82. The second-order valence-corrected chi connectivity index (χ2v) is 8.64. The smallest absolute Gasteiger partial charge is 0.271 e. The number of nitrogens with one attached hydrogen (secondary N) is 1. The molecule has 100 valence electrons. The molecule has 1 aromatic heterocycles. The summed E-state index contributed by atoms with van der Waals surface area (Å²) in [5, 5.41) is 0. The van der Waals surface area contributed by atoms with E-state index in [1.807, 2.05) is 20.3 Å². The maximum Gasteiger partial charge on any atom is 0.368 e. The number of aromatic amines is 1. The van der Waals surface area contributed by atoms with Crippen LogP contribution in [0.5, 0.6) is 0 Å². The molecular weight excluding hydrogens is 280 g/mol. The van der Waals surface area contributed by atoms with Crippen LogP contribution in [0.3, 0.4) is 0 Å². The lowest BCUT2D eigenvalue weighted by Crippen LogP contribution is -2.32. The van der Waals surface area contributed by atoms with E-state index in [0.29, 0.717) is 11.4 Å². The van der Waals surface area contributed by atoms with Crippen molar-refractivity contribution in [2.24, 2.45) is 4.99 Å². The average molecular weight is 297 g/mol. The van der Waals surface area contributed by atoms with E-state index in [1.165, 1.54) is 4.34 Å². The SMILES string of the molecule is C=[P+](C)C1CC(C)=Nc2c1c(=O)[nH]c(=O)n2[P+](=C)C. The fraction of sp³-hybridized carbons (Fsp3) is 0.417. The van der Waals surface area contributed by atoms with E-state index in [0.717, 1.165) is 12.1 Å². The Kier molecular flexibility index (Phi) is 3.71. The third-order valence-electron chi connectivity index (χ3n) is 3.09. The van der Waals surface area contributed by atoms with E-state index in [9.17, 15) is 9.59 Å². The monoisotopic (exact) mass is 297 g/mol. The predicted molar refractivity (Wildman–Crippen MR) is 86.8 cm³/mol. The van der Waals surface area contributed by atoms with Crippen molar-refractivity contribution < 1.29 is 0 Å². The van der Waals surface area contributed by atoms with Gasteiger partial charge in [0.2, 0.25) is 7.70 Å². The lowest BCUT2D eigenvalue weighted by molar-refractivity contribution is 0.863. The lowest BCUT2D eigenvalue weighted by Gasteiger charge is -2.17. The number of nitrogens with zero attached hydrogens (tertiary/aromatic N) is 2. The molecular formula is C12H17N3O2P2+2. The van der Waals surface area contributed by atoms with Crippen LogP contribution in [0.15, 0.2) is 14.6 Å². The molecule has 0 radical (unpaired) electrons. The fourth-order valence-electron chi connectivity index (χ4n) is 2.24. The van der Waals surface area contributed by atoms with Crippen molar-refractivity contribution in [3.05, 3.63) is 26.4 Å². The van der Waals surface area contributed by atoms with E-state index >= 15 is 0 Å². The summed E-state index contributed by atoms with van der Waals surface area (Å²) in [7, 11) is -1.51. The van der Waals surface area contributed by atoms with Crippen LogP contribution in [0, 0.1) is 0 Å². The van der Waals surface area contributed by atoms with Gasteiger partial charge in [-0.25, -0.2) is 9.79 Å². The summed E-state index contributed by atoms with van der Waals surface area (Å²) in [5.41, 5.74) is 0.854. The van der Waals surface area contributed by atoms with Gasteiger partial charge in [0, 0.05) is 12.1 Å². The molecule has 1 aromatic rings. The maximum atomic E-state index is 12.1. The molecule has 0 amide bonds. The van der Waals surface area contributed by atoms with Crippen LogP contribution >= 0.6 is 15.2 Å². The Morgan fingerprint density at radius 1 is 1.37 bits per heavy atom. The third-order valence-corrected chi connectivity index (χ3v) is 5.65. The summed E-state index contributed by atoms with van der Waals surface area (Å²) in [4.78, 5) is 30.9. The standard InChI is InChI=1S/C12H16N3O2P2/c1-7-6-8(18(2)3)9-10(13-7)15(19(4)5)12(17)14-11(9)16/h8H,2,4,6H2,1,3,5H3/q+1/p+1. The van der Waals surface area contributed by atoms with Crippen LogP contribution in [-0.4, -0.2) is 41.0 Å². The quantitative estimate of drug-likeness (QED) is 0.847. The Morgan fingerprint density at radius 3 is 2.53 bits per heavy atom. The number of fused-ring (bicyclic) bond motifs is 1. The number of H-pyrrole nitrogens is 1. The molecule has 3 unspecified atom stereocenters. The summed E-state index contributed by atoms with van der Waals surface area (Å²) in [5.74, 6) is 0.490. The molecule has 2 rings (SSSR count). The zero-order chi connectivity index (χ0) is 14.3. The Balaban J connectivity index is 2.92. The van der Waals surface area contributed by atoms with Crippen LogP contribution in [0.2, 0.25) is 0 Å². The zero-order valence-corrected chi connectivity index (χ0v) is 13.1. The Bertz CT molecular complexity index is 727. The molecule has 0 saturated heterocycles. The Morgan fingerprint density at radius 2 is 2.00 bits per heavy atom. The zero-order valence-electron chi connectivity index (χ0n) is 11.3. The maximum absolute atomic E-state index is 12.1. The highest BCUT2D eigenvalue weighted by atomic mass is 31.1. The van der Waals surface area contributed by atoms with Crippen LogP contribution in [-0.2, 0) is 0 Å². The van der Waals surface area contributed by atoms with Gasteiger partial charge < -0.3 is 0 Å². The molecule has 1 N–H and O–H groups in total. The van der Waals surface area contributed by atoms with Crippen molar-refractivity contribution in [1.82, 2.24) is 9.32 Å². The number of aliphatic imine (C=N–C) groups is 1. The Hall–Kier alpha value is -1.31. The summed E-state index contributed by atoms with van der Waals surface area (Å²) in [6.07, 6.45) is 8.76. The van der Waals surface area contributed by atoms with Crippen LogP contribution < -0.4 is 11.2 Å². The largest absolute Gasteiger partial charge is 0.368 e. The van der Waals surface area contributed by atoms with Crippen molar-refractivity contribution in [3.63, 3.8) is 0 Å². The van der Waals surface area contributed by atoms with E-state index in [-0.39, 0.29) is 11.2 Å². The Labute approximate surface area is 113 Å². The highest BCUT2D eigenvalue weighted by Crippen LogP contribution is 2.46. The minimum atomic E-state index is -0.937. The average Bonchev–Trinajstić information content (AvgIpc) is 2.26. The molecule has 0 saturated carbocycles. The number of rotatable bonds is 2. The molecule has 3 atom stereocenters. The molecule has 0 bridgehead atoms. The second kappa shape index (κ2) is 4.99. The first-order valence-corrected chi connectivity index (χ1v) is 9.81. The first kappa shape index (κ1) is 14.1. The second-order valence-electron chi connectivity index (χ2n) is 4.79. The molecule has 0 fully saturated rings. The minimum absolute atomic E-state index is 0.0630. The van der Waals surface area contributed by atoms with Gasteiger partial charge in [0.05, 0.1) is 26.8 Å². The van der Waals surface area contributed by atoms with E-state index in [2.05, 4.69) is 22.6 Å². The highest BCUT2D eigenvalue weighted by molar-refractivity contribution is 7.55. The molecule has 0 aromatic carbocycles. The summed E-state index contributed by atoms with van der Waals surface area (Å²) >= 11 is 0. The first-order chi connectivity index (χ1) is 8.82. The van der Waals surface area contributed by atoms with Gasteiger partial charge >= 0.3 is 5.69 Å². The van der Waals surface area contributed by atoms with Gasteiger partial charge in [-0.05, 0) is 6.92 Å². The third kappa shape index (κ3) is 2.41. The van der Waals surface area contributed by atoms with Gasteiger partial charge in [-0.1, -0.05) is 4.34 Å². The van der Waals surface area contributed by atoms with Gasteiger partial charge in [0.15, 0.2) is 11.5 Å². The van der Waals surface area contributed by atoms with E-state index in [1.54, 1.807) is 0 Å². The highest BCUT2D eigenvalue weighted by Gasteiger charge is 2.35. The van der Waals surface area contributed by atoms with Crippen molar-refractivity contribution in [1.29, 1.82) is 0 Å². The number of aromatic nitrogens is 2. The molecule has 1 aliphatic rings. The molecule has 5 nitrogen and oxygen atoms in total. The molecule has 1 aliphatic heterocycles. The van der Waals surface area contributed by atoms with Crippen molar-refractivity contribution in [3.8, 4) is 0 Å². The van der Waals surface area contributed by atoms with Crippen LogP contribution in [0.1, 0.15) is 24.6 Å². The fourth-order valence-corrected chi connectivity index (χ4v) is 4.32.